The number of rotatable bonds is 9. The van der Waals surface area contributed by atoms with E-state index in [-0.39, 0.29) is 5.91 Å². The van der Waals surface area contributed by atoms with E-state index in [1.54, 1.807) is 30.8 Å². The molecule has 1 N–H and O–H groups in total. The maximum Gasteiger partial charge on any atom is 0.220 e. The second-order valence-electron chi connectivity index (χ2n) is 5.74. The van der Waals surface area contributed by atoms with Gasteiger partial charge in [0.1, 0.15) is 18.1 Å². The second-order valence-corrected chi connectivity index (χ2v) is 6.68. The number of methoxy groups -OCH3 is 1. The SMILES string of the molecule is COc1ccc(OCCNC(=O)CCc2nc(-c3ccncc3)cs2)cc1. The molecule has 0 fully saturated rings. The van der Waals surface area contributed by atoms with Crippen molar-refractivity contribution in [1.82, 2.24) is 15.3 Å². The van der Waals surface area contributed by atoms with Crippen LogP contribution in [0.3, 0.4) is 0 Å². The number of hydrogen-bond donors (Lipinski definition) is 1. The highest BCUT2D eigenvalue weighted by atomic mass is 32.1. The monoisotopic (exact) mass is 383 g/mol. The van der Waals surface area contributed by atoms with Crippen LogP contribution in [0.25, 0.3) is 11.3 Å². The van der Waals surface area contributed by atoms with Crippen molar-refractivity contribution in [1.29, 1.82) is 0 Å². The zero-order chi connectivity index (χ0) is 18.9. The van der Waals surface area contributed by atoms with Crippen LogP contribution in [0.2, 0.25) is 0 Å². The minimum absolute atomic E-state index is 0.00556. The van der Waals surface area contributed by atoms with Crippen molar-refractivity contribution in [3.05, 3.63) is 59.2 Å². The number of nitrogens with zero attached hydrogens (tertiary/aromatic N) is 2. The highest BCUT2D eigenvalue weighted by molar-refractivity contribution is 7.09. The van der Waals surface area contributed by atoms with E-state index >= 15 is 0 Å². The summed E-state index contributed by atoms with van der Waals surface area (Å²) in [7, 11) is 1.62. The van der Waals surface area contributed by atoms with E-state index in [9.17, 15) is 4.79 Å². The molecule has 140 valence electrons. The van der Waals surface area contributed by atoms with Gasteiger partial charge in [-0.3, -0.25) is 9.78 Å². The lowest BCUT2D eigenvalue weighted by atomic mass is 10.2. The molecule has 0 unspecified atom stereocenters. The summed E-state index contributed by atoms with van der Waals surface area (Å²) in [6.45, 7) is 0.881. The average molecular weight is 383 g/mol. The van der Waals surface area contributed by atoms with E-state index in [4.69, 9.17) is 9.47 Å². The molecular weight excluding hydrogens is 362 g/mol. The molecule has 0 atom stereocenters. The molecule has 1 amide bonds. The first-order chi connectivity index (χ1) is 13.2. The Bertz CT molecular complexity index is 850. The molecule has 0 aliphatic rings. The summed E-state index contributed by atoms with van der Waals surface area (Å²) in [5, 5.41) is 5.82. The Balaban J connectivity index is 1.35. The van der Waals surface area contributed by atoms with Crippen LogP contribution in [-0.4, -0.2) is 36.1 Å². The number of benzene rings is 1. The molecule has 2 heterocycles. The van der Waals surface area contributed by atoms with Gasteiger partial charge in [-0.15, -0.1) is 11.3 Å². The summed E-state index contributed by atoms with van der Waals surface area (Å²) in [4.78, 5) is 20.6. The van der Waals surface area contributed by atoms with Crippen molar-refractivity contribution in [2.45, 2.75) is 12.8 Å². The van der Waals surface area contributed by atoms with E-state index in [0.717, 1.165) is 27.8 Å². The molecule has 0 bridgehead atoms. The number of amides is 1. The van der Waals surface area contributed by atoms with E-state index in [2.05, 4.69) is 15.3 Å². The number of thiazole rings is 1. The van der Waals surface area contributed by atoms with E-state index in [1.165, 1.54) is 0 Å². The van der Waals surface area contributed by atoms with Crippen LogP contribution in [-0.2, 0) is 11.2 Å². The third-order valence-corrected chi connectivity index (χ3v) is 4.75. The van der Waals surface area contributed by atoms with Crippen LogP contribution in [0.1, 0.15) is 11.4 Å². The molecule has 0 saturated carbocycles. The fraction of sp³-hybridized carbons (Fsp3) is 0.250. The van der Waals surface area contributed by atoms with Gasteiger partial charge in [-0.25, -0.2) is 4.98 Å². The van der Waals surface area contributed by atoms with Crippen molar-refractivity contribution in [2.24, 2.45) is 0 Å². The zero-order valence-electron chi connectivity index (χ0n) is 15.1. The van der Waals surface area contributed by atoms with Gasteiger partial charge in [-0.2, -0.15) is 0 Å². The van der Waals surface area contributed by atoms with E-state index < -0.39 is 0 Å². The summed E-state index contributed by atoms with van der Waals surface area (Å²) < 4.78 is 10.7. The van der Waals surface area contributed by atoms with Crippen molar-refractivity contribution in [2.75, 3.05) is 20.3 Å². The number of carbonyl (C=O) groups excluding carboxylic acids is 1. The molecule has 7 heteroatoms. The third-order valence-electron chi connectivity index (χ3n) is 3.85. The Hall–Kier alpha value is -2.93. The zero-order valence-corrected chi connectivity index (χ0v) is 15.9. The Labute approximate surface area is 162 Å². The lowest BCUT2D eigenvalue weighted by Crippen LogP contribution is -2.28. The minimum atomic E-state index is -0.00556. The van der Waals surface area contributed by atoms with Crippen LogP contribution < -0.4 is 14.8 Å². The predicted octanol–water partition coefficient (Wildman–Crippen LogP) is 3.34. The normalized spacial score (nSPS) is 10.4. The Morgan fingerprint density at radius 1 is 1.11 bits per heavy atom. The van der Waals surface area contributed by atoms with Crippen molar-refractivity contribution < 1.29 is 14.3 Å². The molecule has 0 radical (unpaired) electrons. The van der Waals surface area contributed by atoms with Gasteiger partial charge in [0.2, 0.25) is 5.91 Å². The van der Waals surface area contributed by atoms with Gasteiger partial charge < -0.3 is 14.8 Å². The standard InChI is InChI=1S/C20H21N3O3S/c1-25-16-2-4-17(5-3-16)26-13-12-22-19(24)6-7-20-23-18(14-27-20)15-8-10-21-11-9-15/h2-5,8-11,14H,6-7,12-13H2,1H3,(H,22,24). The number of ether oxygens (including phenoxy) is 2. The predicted molar refractivity (Wildman–Crippen MR) is 105 cm³/mol. The quantitative estimate of drug-likeness (QED) is 0.574. The topological polar surface area (TPSA) is 73.3 Å². The molecule has 3 aromatic rings. The summed E-state index contributed by atoms with van der Waals surface area (Å²) in [6.07, 6.45) is 4.53. The average Bonchev–Trinajstić information content (AvgIpc) is 3.20. The van der Waals surface area contributed by atoms with Crippen molar-refractivity contribution >= 4 is 17.2 Å². The van der Waals surface area contributed by atoms with Gasteiger partial charge in [0.15, 0.2) is 0 Å². The fourth-order valence-electron chi connectivity index (χ4n) is 2.42. The maximum atomic E-state index is 12.0. The summed E-state index contributed by atoms with van der Waals surface area (Å²) >= 11 is 1.57. The van der Waals surface area contributed by atoms with Gasteiger partial charge >= 0.3 is 0 Å². The van der Waals surface area contributed by atoms with Crippen LogP contribution in [0, 0.1) is 0 Å². The van der Waals surface area contributed by atoms with Crippen molar-refractivity contribution in [3.63, 3.8) is 0 Å². The van der Waals surface area contributed by atoms with E-state index in [0.29, 0.717) is 26.0 Å². The van der Waals surface area contributed by atoms with Gasteiger partial charge in [0, 0.05) is 36.2 Å². The lowest BCUT2D eigenvalue weighted by molar-refractivity contribution is -0.121. The Morgan fingerprint density at radius 3 is 2.59 bits per heavy atom. The summed E-state index contributed by atoms with van der Waals surface area (Å²) in [6, 6.07) is 11.2. The van der Waals surface area contributed by atoms with Crippen LogP contribution >= 0.6 is 11.3 Å². The van der Waals surface area contributed by atoms with Crippen LogP contribution in [0.5, 0.6) is 11.5 Å². The first-order valence-electron chi connectivity index (χ1n) is 8.63. The van der Waals surface area contributed by atoms with Gasteiger partial charge in [0.25, 0.3) is 0 Å². The molecule has 2 aromatic heterocycles. The van der Waals surface area contributed by atoms with E-state index in [1.807, 2.05) is 41.8 Å². The molecule has 0 spiro atoms. The second kappa shape index (κ2) is 9.68. The fourth-order valence-corrected chi connectivity index (χ4v) is 3.23. The molecule has 3 rings (SSSR count). The summed E-state index contributed by atoms with van der Waals surface area (Å²) in [5.41, 5.74) is 1.96. The lowest BCUT2D eigenvalue weighted by Gasteiger charge is -2.08. The third kappa shape index (κ3) is 5.79. The number of pyridine rings is 1. The van der Waals surface area contributed by atoms with Gasteiger partial charge in [0.05, 0.1) is 24.4 Å². The molecule has 0 saturated heterocycles. The molecule has 0 aliphatic heterocycles. The van der Waals surface area contributed by atoms with Gasteiger partial charge in [-0.1, -0.05) is 0 Å². The Kier molecular flexibility index (Phi) is 6.76. The largest absolute Gasteiger partial charge is 0.497 e. The maximum absolute atomic E-state index is 12.0. The first-order valence-corrected chi connectivity index (χ1v) is 9.51. The number of carbonyl (C=O) groups is 1. The molecule has 1 aromatic carbocycles. The van der Waals surface area contributed by atoms with Crippen molar-refractivity contribution in [3.8, 4) is 22.8 Å². The first kappa shape index (κ1) is 18.8. The number of nitrogens with one attached hydrogen (secondary N) is 1. The van der Waals surface area contributed by atoms with Crippen LogP contribution in [0.4, 0.5) is 0 Å². The highest BCUT2D eigenvalue weighted by Crippen LogP contribution is 2.21. The summed E-state index contributed by atoms with van der Waals surface area (Å²) in [5.74, 6) is 1.52. The number of hydrogen-bond acceptors (Lipinski definition) is 6. The molecule has 6 nitrogen and oxygen atoms in total. The van der Waals surface area contributed by atoms with Gasteiger partial charge in [-0.05, 0) is 36.4 Å². The Morgan fingerprint density at radius 2 is 1.85 bits per heavy atom. The molecule has 0 aliphatic carbocycles. The number of aryl methyl sites for hydroxylation is 1. The number of aromatic nitrogens is 2. The smallest absolute Gasteiger partial charge is 0.220 e. The minimum Gasteiger partial charge on any atom is -0.497 e. The highest BCUT2D eigenvalue weighted by Gasteiger charge is 2.07. The molecule has 27 heavy (non-hydrogen) atoms. The molecular formula is C20H21N3O3S. The van der Waals surface area contributed by atoms with Crippen LogP contribution in [0.15, 0.2) is 54.2 Å².